The standard InChI is InChI=1S/C28H36FN7O3/c1-20-16-32-28(33-17-20)35-25(27(37)38)9-12-36(13-14-39-24-15-22(29)18-30-19-24)11-3-2-6-23-8-7-21-5-4-10-31-26(21)34-23/h7-8,15-19,25H,2-6,9-14H2,1H3,(H,31,34)(H,37,38)(H,32,33,35). The molecule has 0 aromatic carbocycles. The van der Waals surface area contributed by atoms with Gasteiger partial charge in [-0.25, -0.2) is 24.1 Å². The number of aliphatic carboxylic acids is 1. The van der Waals surface area contributed by atoms with Crippen molar-refractivity contribution in [3.8, 4) is 5.75 Å². The van der Waals surface area contributed by atoms with Crippen LogP contribution in [0.2, 0.25) is 0 Å². The predicted molar refractivity (Wildman–Crippen MR) is 147 cm³/mol. The quantitative estimate of drug-likeness (QED) is 0.247. The van der Waals surface area contributed by atoms with Crippen molar-refractivity contribution < 1.29 is 19.0 Å². The minimum Gasteiger partial charge on any atom is -0.491 e. The van der Waals surface area contributed by atoms with Gasteiger partial charge in [-0.05, 0) is 69.2 Å². The summed E-state index contributed by atoms with van der Waals surface area (Å²) in [6.07, 6.45) is 11.2. The maximum atomic E-state index is 13.4. The number of carboxylic acid groups (broad SMARTS) is 1. The Hall–Kier alpha value is -3.86. The summed E-state index contributed by atoms with van der Waals surface area (Å²) in [5, 5.41) is 16.1. The van der Waals surface area contributed by atoms with Crippen molar-refractivity contribution in [3.63, 3.8) is 0 Å². The molecule has 0 amide bonds. The second-order valence-corrected chi connectivity index (χ2v) is 9.73. The topological polar surface area (TPSA) is 125 Å². The number of carbonyl (C=O) groups is 1. The van der Waals surface area contributed by atoms with E-state index in [0.29, 0.717) is 31.9 Å². The summed E-state index contributed by atoms with van der Waals surface area (Å²) in [5.41, 5.74) is 3.25. The Kier molecular flexibility index (Phi) is 10.4. The highest BCUT2D eigenvalue weighted by Crippen LogP contribution is 2.20. The van der Waals surface area contributed by atoms with Gasteiger partial charge >= 0.3 is 5.97 Å². The number of halogens is 1. The van der Waals surface area contributed by atoms with Crippen molar-refractivity contribution >= 4 is 17.7 Å². The molecule has 10 nitrogen and oxygen atoms in total. The molecular weight excluding hydrogens is 501 g/mol. The fraction of sp³-hybridized carbons (Fsp3) is 0.464. The zero-order valence-electron chi connectivity index (χ0n) is 22.3. The van der Waals surface area contributed by atoms with Crippen molar-refractivity contribution in [2.45, 2.75) is 51.5 Å². The highest BCUT2D eigenvalue weighted by atomic mass is 19.1. The van der Waals surface area contributed by atoms with Crippen molar-refractivity contribution in [2.75, 3.05) is 43.4 Å². The average molecular weight is 538 g/mol. The zero-order valence-corrected chi connectivity index (χ0v) is 22.3. The summed E-state index contributed by atoms with van der Waals surface area (Å²) in [5.74, 6) is 0.239. The Morgan fingerprint density at radius 3 is 2.82 bits per heavy atom. The average Bonchev–Trinajstić information content (AvgIpc) is 2.93. The molecular formula is C28H36FN7O3. The summed E-state index contributed by atoms with van der Waals surface area (Å²) in [7, 11) is 0. The van der Waals surface area contributed by atoms with Crippen LogP contribution in [0.5, 0.6) is 5.75 Å². The minimum atomic E-state index is -0.965. The number of aromatic nitrogens is 4. The Morgan fingerprint density at radius 1 is 1.18 bits per heavy atom. The van der Waals surface area contributed by atoms with Gasteiger partial charge in [0.1, 0.15) is 30.0 Å². The van der Waals surface area contributed by atoms with E-state index in [1.807, 2.05) is 6.92 Å². The second kappa shape index (κ2) is 14.3. The Morgan fingerprint density at radius 2 is 2.03 bits per heavy atom. The highest BCUT2D eigenvalue weighted by Gasteiger charge is 2.20. The molecule has 4 heterocycles. The molecule has 3 aromatic rings. The van der Waals surface area contributed by atoms with Crippen molar-refractivity contribution in [2.24, 2.45) is 0 Å². The number of hydrogen-bond donors (Lipinski definition) is 3. The van der Waals surface area contributed by atoms with E-state index in [1.54, 1.807) is 12.4 Å². The number of rotatable bonds is 15. The smallest absolute Gasteiger partial charge is 0.326 e. The number of anilines is 2. The van der Waals surface area contributed by atoms with Gasteiger partial charge < -0.3 is 20.5 Å². The largest absolute Gasteiger partial charge is 0.491 e. The van der Waals surface area contributed by atoms with Crippen LogP contribution in [0.3, 0.4) is 0 Å². The summed E-state index contributed by atoms with van der Waals surface area (Å²) in [6.45, 7) is 5.02. The summed E-state index contributed by atoms with van der Waals surface area (Å²) in [6, 6.07) is 4.74. The molecule has 0 radical (unpaired) electrons. The zero-order chi connectivity index (χ0) is 27.5. The first-order valence-corrected chi connectivity index (χ1v) is 13.4. The third kappa shape index (κ3) is 9.13. The summed E-state index contributed by atoms with van der Waals surface area (Å²) < 4.78 is 19.1. The lowest BCUT2D eigenvalue weighted by Gasteiger charge is -2.24. The number of nitrogens with one attached hydrogen (secondary N) is 2. The van der Waals surface area contributed by atoms with E-state index >= 15 is 0 Å². The van der Waals surface area contributed by atoms with Gasteiger partial charge in [0, 0.05) is 43.8 Å². The van der Waals surface area contributed by atoms with Crippen LogP contribution < -0.4 is 15.4 Å². The van der Waals surface area contributed by atoms with Crippen LogP contribution in [0.15, 0.2) is 43.0 Å². The molecule has 3 aromatic heterocycles. The molecule has 4 rings (SSSR count). The number of unbranched alkanes of at least 4 members (excludes halogenated alkanes) is 1. The monoisotopic (exact) mass is 537 g/mol. The lowest BCUT2D eigenvalue weighted by Crippen LogP contribution is -2.37. The molecule has 0 saturated heterocycles. The first-order valence-electron chi connectivity index (χ1n) is 13.4. The molecule has 0 bridgehead atoms. The van der Waals surface area contributed by atoms with Crippen molar-refractivity contribution in [1.82, 2.24) is 24.8 Å². The van der Waals surface area contributed by atoms with Gasteiger partial charge in [-0.1, -0.05) is 6.07 Å². The number of carboxylic acids is 1. The summed E-state index contributed by atoms with van der Waals surface area (Å²) in [4.78, 5) is 31.0. The van der Waals surface area contributed by atoms with Gasteiger partial charge in [-0.15, -0.1) is 0 Å². The van der Waals surface area contributed by atoms with E-state index in [0.717, 1.165) is 68.5 Å². The van der Waals surface area contributed by atoms with Gasteiger partial charge in [0.2, 0.25) is 5.95 Å². The molecule has 0 spiro atoms. The number of nitrogens with zero attached hydrogens (tertiary/aromatic N) is 5. The molecule has 11 heteroatoms. The third-order valence-corrected chi connectivity index (χ3v) is 6.58. The molecule has 1 unspecified atom stereocenters. The van der Waals surface area contributed by atoms with Gasteiger partial charge in [-0.2, -0.15) is 0 Å². The predicted octanol–water partition coefficient (Wildman–Crippen LogP) is 3.73. The first-order chi connectivity index (χ1) is 19.0. The lowest BCUT2D eigenvalue weighted by molar-refractivity contribution is -0.138. The number of aryl methyl sites for hydroxylation is 3. The van der Waals surface area contributed by atoms with E-state index < -0.39 is 17.8 Å². The maximum absolute atomic E-state index is 13.4. The fourth-order valence-electron chi connectivity index (χ4n) is 4.44. The SMILES string of the molecule is Cc1cnc(NC(CCN(CCCCc2ccc3c(n2)NCCC3)CCOc2cncc(F)c2)C(=O)O)nc1. The van der Waals surface area contributed by atoms with E-state index in [-0.39, 0.29) is 5.95 Å². The van der Waals surface area contributed by atoms with Crippen LogP contribution in [0.4, 0.5) is 16.2 Å². The molecule has 1 aliphatic heterocycles. The third-order valence-electron chi connectivity index (χ3n) is 6.58. The van der Waals surface area contributed by atoms with Gasteiger partial charge in [0.05, 0.1) is 12.4 Å². The second-order valence-electron chi connectivity index (χ2n) is 9.73. The van der Waals surface area contributed by atoms with Crippen LogP contribution in [-0.4, -0.2) is 74.7 Å². The number of hydrogen-bond acceptors (Lipinski definition) is 9. The minimum absolute atomic E-state index is 0.286. The Labute approximate surface area is 228 Å². The van der Waals surface area contributed by atoms with Gasteiger partial charge in [0.15, 0.2) is 0 Å². The van der Waals surface area contributed by atoms with Crippen LogP contribution in [-0.2, 0) is 17.6 Å². The van der Waals surface area contributed by atoms with E-state index in [4.69, 9.17) is 9.72 Å². The Bertz CT molecular complexity index is 1210. The highest BCUT2D eigenvalue weighted by molar-refractivity contribution is 5.76. The maximum Gasteiger partial charge on any atom is 0.326 e. The molecule has 208 valence electrons. The number of pyridine rings is 2. The molecule has 3 N–H and O–H groups in total. The van der Waals surface area contributed by atoms with Crippen molar-refractivity contribution in [3.05, 3.63) is 65.6 Å². The molecule has 0 aliphatic carbocycles. The van der Waals surface area contributed by atoms with Crippen LogP contribution >= 0.6 is 0 Å². The lowest BCUT2D eigenvalue weighted by atomic mass is 10.1. The van der Waals surface area contributed by atoms with E-state index in [1.165, 1.54) is 17.8 Å². The molecule has 1 aliphatic rings. The summed E-state index contributed by atoms with van der Waals surface area (Å²) >= 11 is 0. The van der Waals surface area contributed by atoms with E-state index in [9.17, 15) is 14.3 Å². The van der Waals surface area contributed by atoms with Crippen LogP contribution in [0.1, 0.15) is 42.5 Å². The first kappa shape index (κ1) is 28.2. The van der Waals surface area contributed by atoms with Gasteiger partial charge in [-0.3, -0.25) is 9.88 Å². The normalized spacial score (nSPS) is 13.4. The number of ether oxygens (including phenoxy) is 1. The van der Waals surface area contributed by atoms with Crippen LogP contribution in [0.25, 0.3) is 0 Å². The van der Waals surface area contributed by atoms with E-state index in [2.05, 4.69) is 42.6 Å². The molecule has 39 heavy (non-hydrogen) atoms. The number of fused-ring (bicyclic) bond motifs is 1. The van der Waals surface area contributed by atoms with Crippen molar-refractivity contribution in [1.29, 1.82) is 0 Å². The van der Waals surface area contributed by atoms with Gasteiger partial charge in [0.25, 0.3) is 0 Å². The Balaban J connectivity index is 1.30. The fourth-order valence-corrected chi connectivity index (χ4v) is 4.44. The molecule has 0 fully saturated rings. The molecule has 1 atom stereocenters. The van der Waals surface area contributed by atoms with Crippen LogP contribution in [0, 0.1) is 12.7 Å². The molecule has 0 saturated carbocycles.